The van der Waals surface area contributed by atoms with Crippen molar-refractivity contribution < 1.29 is 27.5 Å². The number of carbonyl (C=O) groups is 2. The quantitative estimate of drug-likeness (QED) is 0.401. The molecule has 2 aromatic carbocycles. The van der Waals surface area contributed by atoms with Crippen LogP contribution in [-0.4, -0.2) is 39.1 Å². The summed E-state index contributed by atoms with van der Waals surface area (Å²) in [5.74, 6) is -1.57. The van der Waals surface area contributed by atoms with Crippen LogP contribution in [0, 0.1) is 6.92 Å². The molecule has 4 aromatic rings. The number of fused-ring (bicyclic) bond motifs is 3. The molecule has 0 amide bonds. The van der Waals surface area contributed by atoms with E-state index < -0.39 is 22.0 Å². The second-order valence-electron chi connectivity index (χ2n) is 7.30. The number of methoxy groups -OCH3 is 2. The number of nitrogens with zero attached hydrogens (tertiary/aromatic N) is 1. The first-order valence-corrected chi connectivity index (χ1v) is 12.4. The van der Waals surface area contributed by atoms with Crippen LogP contribution in [0.25, 0.3) is 21.8 Å². The first kappa shape index (κ1) is 22.8. The van der Waals surface area contributed by atoms with Crippen LogP contribution in [0.4, 0.5) is 5.69 Å². The number of esters is 2. The molecule has 1 N–H and O–H groups in total. The van der Waals surface area contributed by atoms with Crippen LogP contribution in [0.1, 0.15) is 32.5 Å². The number of benzene rings is 2. The molecule has 0 bridgehead atoms. The van der Waals surface area contributed by atoms with Crippen molar-refractivity contribution in [3.63, 3.8) is 0 Å². The molecule has 0 unspecified atom stereocenters. The van der Waals surface area contributed by atoms with Gasteiger partial charge in [-0.25, -0.2) is 18.0 Å². The number of hydrogen-bond donors (Lipinski definition) is 1. The summed E-state index contributed by atoms with van der Waals surface area (Å²) >= 11 is 0.673. The fourth-order valence-electron chi connectivity index (χ4n) is 3.96. The molecule has 0 saturated heterocycles. The van der Waals surface area contributed by atoms with E-state index in [2.05, 4.69) is 16.2 Å². The van der Waals surface area contributed by atoms with Gasteiger partial charge in [0.05, 0.1) is 19.8 Å². The molecule has 0 saturated carbocycles. The van der Waals surface area contributed by atoms with Crippen molar-refractivity contribution in [3.8, 4) is 0 Å². The molecule has 2 aromatic heterocycles. The van der Waals surface area contributed by atoms with E-state index in [1.54, 1.807) is 12.1 Å². The highest BCUT2D eigenvalue weighted by atomic mass is 32.2. The highest BCUT2D eigenvalue weighted by Gasteiger charge is 2.32. The monoisotopic (exact) mass is 486 g/mol. The van der Waals surface area contributed by atoms with Gasteiger partial charge < -0.3 is 14.0 Å². The van der Waals surface area contributed by atoms with Crippen molar-refractivity contribution >= 4 is 60.8 Å². The molecule has 33 heavy (non-hydrogen) atoms. The number of anilines is 1. The number of rotatable bonds is 6. The van der Waals surface area contributed by atoms with Gasteiger partial charge in [0.2, 0.25) is 0 Å². The number of aryl methyl sites for hydroxylation is 1. The number of para-hydroxylation sites is 1. The van der Waals surface area contributed by atoms with Gasteiger partial charge in [0.25, 0.3) is 10.0 Å². The number of thiophene rings is 1. The third-order valence-electron chi connectivity index (χ3n) is 5.46. The van der Waals surface area contributed by atoms with Crippen LogP contribution in [0.5, 0.6) is 0 Å². The molecule has 0 aliphatic carbocycles. The highest BCUT2D eigenvalue weighted by molar-refractivity contribution is 7.94. The van der Waals surface area contributed by atoms with Crippen LogP contribution in [0.15, 0.2) is 46.7 Å². The molecule has 0 spiro atoms. The number of sulfonamides is 1. The minimum absolute atomic E-state index is 0.0275. The highest BCUT2D eigenvalue weighted by Crippen LogP contribution is 2.36. The van der Waals surface area contributed by atoms with Gasteiger partial charge in [-0.1, -0.05) is 18.2 Å². The fraction of sp³-hybridized carbons (Fsp3) is 0.217. The van der Waals surface area contributed by atoms with E-state index in [1.165, 1.54) is 14.0 Å². The van der Waals surface area contributed by atoms with Crippen molar-refractivity contribution in [2.75, 3.05) is 18.9 Å². The Morgan fingerprint density at radius 3 is 2.33 bits per heavy atom. The minimum Gasteiger partial charge on any atom is -0.465 e. The molecule has 0 fully saturated rings. The summed E-state index contributed by atoms with van der Waals surface area (Å²) in [6, 6.07) is 13.2. The third kappa shape index (κ3) is 3.75. The summed E-state index contributed by atoms with van der Waals surface area (Å²) in [5.41, 5.74) is 2.39. The Bertz CT molecular complexity index is 1520. The molecule has 8 nitrogen and oxygen atoms in total. The van der Waals surface area contributed by atoms with E-state index in [1.807, 2.05) is 30.3 Å². The zero-order valence-corrected chi connectivity index (χ0v) is 20.1. The number of hydrogen-bond acceptors (Lipinski definition) is 7. The summed E-state index contributed by atoms with van der Waals surface area (Å²) in [6.07, 6.45) is 0. The molecule has 0 atom stereocenters. The second-order valence-corrected chi connectivity index (χ2v) is 10.2. The van der Waals surface area contributed by atoms with Gasteiger partial charge >= 0.3 is 11.9 Å². The summed E-state index contributed by atoms with van der Waals surface area (Å²) < 4.78 is 40.5. The van der Waals surface area contributed by atoms with Gasteiger partial charge in [-0.05, 0) is 43.7 Å². The normalized spacial score (nSPS) is 11.6. The average Bonchev–Trinajstić information content (AvgIpc) is 3.33. The largest absolute Gasteiger partial charge is 0.465 e. The van der Waals surface area contributed by atoms with Crippen molar-refractivity contribution in [1.82, 2.24) is 4.57 Å². The third-order valence-corrected chi connectivity index (χ3v) is 8.63. The lowest BCUT2D eigenvalue weighted by Crippen LogP contribution is -2.16. The van der Waals surface area contributed by atoms with Crippen LogP contribution < -0.4 is 4.72 Å². The van der Waals surface area contributed by atoms with Gasteiger partial charge in [-0.2, -0.15) is 0 Å². The summed E-state index contributed by atoms with van der Waals surface area (Å²) in [4.78, 5) is 24.5. The van der Waals surface area contributed by atoms with Crippen LogP contribution >= 0.6 is 11.3 Å². The predicted octanol–water partition coefficient (Wildman–Crippen LogP) is 4.56. The maximum atomic E-state index is 13.3. The summed E-state index contributed by atoms with van der Waals surface area (Å²) in [6.45, 7) is 4.30. The summed E-state index contributed by atoms with van der Waals surface area (Å²) in [5, 5.41) is 1.91. The molecule has 0 radical (unpaired) electrons. The first-order valence-electron chi connectivity index (χ1n) is 10.1. The van der Waals surface area contributed by atoms with Crippen molar-refractivity contribution in [3.05, 3.63) is 58.5 Å². The zero-order chi connectivity index (χ0) is 23.9. The summed E-state index contributed by atoms with van der Waals surface area (Å²) in [7, 11) is -1.87. The Labute approximate surface area is 194 Å². The van der Waals surface area contributed by atoms with E-state index in [4.69, 9.17) is 9.47 Å². The number of ether oxygens (including phenoxy) is 2. The molecule has 4 rings (SSSR count). The number of aromatic nitrogens is 1. The first-order chi connectivity index (χ1) is 15.7. The average molecular weight is 487 g/mol. The van der Waals surface area contributed by atoms with E-state index in [0.717, 1.165) is 35.5 Å². The molecule has 10 heteroatoms. The van der Waals surface area contributed by atoms with Crippen LogP contribution in [0.3, 0.4) is 0 Å². The van der Waals surface area contributed by atoms with Crippen molar-refractivity contribution in [2.45, 2.75) is 24.6 Å². The second kappa shape index (κ2) is 8.53. The molecule has 2 heterocycles. The zero-order valence-electron chi connectivity index (χ0n) is 18.5. The number of carbonyl (C=O) groups excluding carboxylic acids is 2. The smallest absolute Gasteiger partial charge is 0.348 e. The molecular formula is C23H22N2O6S2. The standard InChI is InChI=1S/C23H22N2O6S2/c1-5-25-17-9-7-6-8-15(17)16-12-14(10-11-18(16)25)24-33(28,29)23-19(21(26)30-3)13(2)20(32-23)22(27)31-4/h6-12,24H,5H2,1-4H3. The van der Waals surface area contributed by atoms with Crippen molar-refractivity contribution in [1.29, 1.82) is 0 Å². The van der Waals surface area contributed by atoms with Gasteiger partial charge in [-0.3, -0.25) is 4.72 Å². The minimum atomic E-state index is -4.21. The van der Waals surface area contributed by atoms with Crippen molar-refractivity contribution in [2.24, 2.45) is 0 Å². The maximum absolute atomic E-state index is 13.3. The lowest BCUT2D eigenvalue weighted by atomic mass is 10.1. The predicted molar refractivity (Wildman–Crippen MR) is 128 cm³/mol. The molecule has 172 valence electrons. The molecule has 0 aliphatic heterocycles. The maximum Gasteiger partial charge on any atom is 0.348 e. The fourth-order valence-corrected chi connectivity index (χ4v) is 6.76. The van der Waals surface area contributed by atoms with Gasteiger partial charge in [0.15, 0.2) is 4.21 Å². The Balaban J connectivity index is 1.83. The van der Waals surface area contributed by atoms with Crippen LogP contribution in [0.2, 0.25) is 0 Å². The Kier molecular flexibility index (Phi) is 5.89. The van der Waals surface area contributed by atoms with Crippen LogP contribution in [-0.2, 0) is 26.0 Å². The SMILES string of the molecule is CCn1c2ccccc2c2cc(NS(=O)(=O)c3sc(C(=O)OC)c(C)c3C(=O)OC)ccc21. The number of nitrogens with one attached hydrogen (secondary N) is 1. The van der Waals surface area contributed by atoms with E-state index >= 15 is 0 Å². The Morgan fingerprint density at radius 2 is 1.67 bits per heavy atom. The van der Waals surface area contributed by atoms with Gasteiger partial charge in [-0.15, -0.1) is 11.3 Å². The van der Waals surface area contributed by atoms with E-state index in [-0.39, 0.29) is 20.2 Å². The molecule has 0 aliphatic rings. The van der Waals surface area contributed by atoms with Gasteiger partial charge in [0.1, 0.15) is 4.88 Å². The lowest BCUT2D eigenvalue weighted by molar-refractivity contribution is 0.0596. The molecular weight excluding hydrogens is 464 g/mol. The Morgan fingerprint density at radius 1 is 1.00 bits per heavy atom. The van der Waals surface area contributed by atoms with E-state index in [9.17, 15) is 18.0 Å². The Hall–Kier alpha value is -3.37. The van der Waals surface area contributed by atoms with E-state index in [0.29, 0.717) is 17.0 Å². The lowest BCUT2D eigenvalue weighted by Gasteiger charge is -2.09. The van der Waals surface area contributed by atoms with Gasteiger partial charge in [0, 0.05) is 34.0 Å². The topological polar surface area (TPSA) is 104 Å².